The summed E-state index contributed by atoms with van der Waals surface area (Å²) in [6.07, 6.45) is 0. The molecule has 16 heavy (non-hydrogen) atoms. The lowest BCUT2D eigenvalue weighted by Gasteiger charge is -2.16. The summed E-state index contributed by atoms with van der Waals surface area (Å²) in [6.45, 7) is 3.28. The number of aliphatic carboxylic acids is 1. The highest BCUT2D eigenvalue weighted by Gasteiger charge is 2.31. The summed E-state index contributed by atoms with van der Waals surface area (Å²) in [4.78, 5) is 14.1. The number of phenolic OH excluding ortho intramolecular Hbond substituents is 1. The van der Waals surface area contributed by atoms with Crippen molar-refractivity contribution in [1.29, 1.82) is 0 Å². The van der Waals surface area contributed by atoms with Gasteiger partial charge in [-0.3, -0.25) is 4.79 Å². The molecule has 0 atom stereocenters. The van der Waals surface area contributed by atoms with Gasteiger partial charge in [-0.1, -0.05) is 0 Å². The van der Waals surface area contributed by atoms with Gasteiger partial charge in [0.25, 0.3) is 0 Å². The molecule has 0 spiro atoms. The van der Waals surface area contributed by atoms with Crippen LogP contribution in [-0.2, 0) is 10.2 Å². The molecule has 4 nitrogen and oxygen atoms in total. The first-order chi connectivity index (χ1) is 7.41. The third kappa shape index (κ3) is 1.52. The predicted octanol–water partition coefficient (Wildman–Crippen LogP) is 2.24. The molecular weight excluding hydrogens is 206 g/mol. The van der Waals surface area contributed by atoms with Crippen molar-refractivity contribution in [2.24, 2.45) is 0 Å². The lowest BCUT2D eigenvalue weighted by atomic mass is 9.90. The molecule has 84 valence electrons. The molecule has 0 unspecified atom stereocenters. The molecule has 0 radical (unpaired) electrons. The summed E-state index contributed by atoms with van der Waals surface area (Å²) in [5, 5.41) is 19.3. The van der Waals surface area contributed by atoms with E-state index in [4.69, 9.17) is 5.11 Å². The Morgan fingerprint density at radius 2 is 2.00 bits per heavy atom. The monoisotopic (exact) mass is 219 g/mol. The molecule has 1 heterocycles. The Bertz CT molecular complexity index is 554. The molecule has 3 N–H and O–H groups in total. The molecule has 4 heteroatoms. The number of carboxylic acids is 1. The summed E-state index contributed by atoms with van der Waals surface area (Å²) in [5.41, 5.74) is 0.402. The second kappa shape index (κ2) is 3.27. The van der Waals surface area contributed by atoms with E-state index < -0.39 is 11.4 Å². The fraction of sp³-hybridized carbons (Fsp3) is 0.250. The van der Waals surface area contributed by atoms with Crippen LogP contribution in [0.25, 0.3) is 10.9 Å². The third-order valence-electron chi connectivity index (χ3n) is 2.81. The minimum atomic E-state index is -0.964. The minimum absolute atomic E-state index is 0.161. The van der Waals surface area contributed by atoms with Gasteiger partial charge in [-0.25, -0.2) is 0 Å². The fourth-order valence-corrected chi connectivity index (χ4v) is 1.57. The highest BCUT2D eigenvalue weighted by atomic mass is 16.4. The molecule has 0 aliphatic rings. The highest BCUT2D eigenvalue weighted by Crippen LogP contribution is 2.28. The molecule has 0 amide bonds. The quantitative estimate of drug-likeness (QED) is 0.725. The topological polar surface area (TPSA) is 73.3 Å². The van der Waals surface area contributed by atoms with Crippen molar-refractivity contribution in [3.63, 3.8) is 0 Å². The molecule has 0 saturated heterocycles. The Kier molecular flexibility index (Phi) is 2.15. The number of phenols is 1. The van der Waals surface area contributed by atoms with E-state index in [0.717, 1.165) is 10.9 Å². The largest absolute Gasteiger partial charge is 0.508 e. The van der Waals surface area contributed by atoms with Crippen LogP contribution < -0.4 is 0 Å². The maximum Gasteiger partial charge on any atom is 0.315 e. The number of hydrogen-bond donors (Lipinski definition) is 3. The van der Waals surface area contributed by atoms with Crippen molar-refractivity contribution in [3.05, 3.63) is 30.0 Å². The number of carbonyl (C=O) groups is 1. The number of carboxylic acid groups (broad SMARTS) is 1. The molecule has 0 saturated carbocycles. The fourth-order valence-electron chi connectivity index (χ4n) is 1.57. The number of rotatable bonds is 2. The summed E-state index contributed by atoms with van der Waals surface area (Å²) < 4.78 is 0. The average Bonchev–Trinajstić information content (AvgIpc) is 2.60. The summed E-state index contributed by atoms with van der Waals surface area (Å²) >= 11 is 0. The van der Waals surface area contributed by atoms with Crippen LogP contribution in [0.1, 0.15) is 19.5 Å². The van der Waals surface area contributed by atoms with Gasteiger partial charge >= 0.3 is 5.97 Å². The molecule has 0 aliphatic carbocycles. The molecule has 0 fully saturated rings. The Labute approximate surface area is 92.5 Å². The van der Waals surface area contributed by atoms with E-state index >= 15 is 0 Å². The van der Waals surface area contributed by atoms with E-state index in [1.165, 1.54) is 0 Å². The number of nitrogens with one attached hydrogen (secondary N) is 1. The van der Waals surface area contributed by atoms with Gasteiger partial charge in [0.05, 0.1) is 0 Å². The second-order valence-corrected chi connectivity index (χ2v) is 4.38. The number of aromatic nitrogens is 1. The van der Waals surface area contributed by atoms with Crippen molar-refractivity contribution in [3.8, 4) is 5.75 Å². The Morgan fingerprint density at radius 3 is 2.62 bits per heavy atom. The van der Waals surface area contributed by atoms with Gasteiger partial charge in [0.2, 0.25) is 0 Å². The third-order valence-corrected chi connectivity index (χ3v) is 2.81. The summed E-state index contributed by atoms with van der Waals surface area (Å²) in [5.74, 6) is -0.725. The van der Waals surface area contributed by atoms with Crippen LogP contribution in [0.2, 0.25) is 0 Å². The maximum atomic E-state index is 11.1. The molecule has 2 aromatic rings. The van der Waals surface area contributed by atoms with Gasteiger partial charge in [-0.2, -0.15) is 0 Å². The maximum absolute atomic E-state index is 11.1. The summed E-state index contributed by atoms with van der Waals surface area (Å²) in [7, 11) is 0. The van der Waals surface area contributed by atoms with Crippen LogP contribution in [0.15, 0.2) is 24.3 Å². The predicted molar refractivity (Wildman–Crippen MR) is 60.6 cm³/mol. The van der Waals surface area contributed by atoms with Gasteiger partial charge in [-0.15, -0.1) is 0 Å². The smallest absolute Gasteiger partial charge is 0.315 e. The SMILES string of the molecule is CC(C)(C(=O)O)c1cc2ccc(O)cc2[nH]1. The first-order valence-corrected chi connectivity index (χ1v) is 4.97. The number of hydrogen-bond acceptors (Lipinski definition) is 2. The molecule has 0 aliphatic heterocycles. The zero-order chi connectivity index (χ0) is 11.9. The van der Waals surface area contributed by atoms with E-state index in [1.54, 1.807) is 38.1 Å². The van der Waals surface area contributed by atoms with E-state index in [-0.39, 0.29) is 5.75 Å². The van der Waals surface area contributed by atoms with Crippen LogP contribution in [0.3, 0.4) is 0 Å². The minimum Gasteiger partial charge on any atom is -0.508 e. The van der Waals surface area contributed by atoms with Gasteiger partial charge in [0, 0.05) is 17.3 Å². The summed E-state index contributed by atoms with van der Waals surface area (Å²) in [6, 6.07) is 6.70. The Hall–Kier alpha value is -1.97. The first kappa shape index (κ1) is 10.5. The van der Waals surface area contributed by atoms with E-state index in [2.05, 4.69) is 4.98 Å². The van der Waals surface area contributed by atoms with Crippen molar-refractivity contribution in [2.75, 3.05) is 0 Å². The van der Waals surface area contributed by atoms with Gasteiger partial charge in [0.15, 0.2) is 0 Å². The second-order valence-electron chi connectivity index (χ2n) is 4.38. The van der Waals surface area contributed by atoms with Gasteiger partial charge in [0.1, 0.15) is 11.2 Å². The van der Waals surface area contributed by atoms with E-state index in [0.29, 0.717) is 5.69 Å². The number of benzene rings is 1. The van der Waals surface area contributed by atoms with Crippen LogP contribution in [0.4, 0.5) is 0 Å². The average molecular weight is 219 g/mol. The van der Waals surface area contributed by atoms with Crippen LogP contribution >= 0.6 is 0 Å². The number of aromatic amines is 1. The zero-order valence-electron chi connectivity index (χ0n) is 9.11. The van der Waals surface area contributed by atoms with E-state index in [9.17, 15) is 9.90 Å². The Balaban J connectivity index is 2.59. The van der Waals surface area contributed by atoms with Crippen LogP contribution in [0, 0.1) is 0 Å². The van der Waals surface area contributed by atoms with Crippen molar-refractivity contribution >= 4 is 16.9 Å². The van der Waals surface area contributed by atoms with Crippen LogP contribution in [0.5, 0.6) is 5.75 Å². The standard InChI is InChI=1S/C12H13NO3/c1-12(2,11(15)16)10-5-7-3-4-8(14)6-9(7)13-10/h3-6,13-14H,1-2H3,(H,15,16). The number of fused-ring (bicyclic) bond motifs is 1. The normalized spacial score (nSPS) is 11.9. The Morgan fingerprint density at radius 1 is 1.31 bits per heavy atom. The molecule has 1 aromatic carbocycles. The number of H-pyrrole nitrogens is 1. The van der Waals surface area contributed by atoms with Crippen molar-refractivity contribution < 1.29 is 15.0 Å². The zero-order valence-corrected chi connectivity index (χ0v) is 9.11. The van der Waals surface area contributed by atoms with Gasteiger partial charge < -0.3 is 15.2 Å². The van der Waals surface area contributed by atoms with Gasteiger partial charge in [-0.05, 0) is 37.4 Å². The number of aromatic hydroxyl groups is 1. The molecular formula is C12H13NO3. The highest BCUT2D eigenvalue weighted by molar-refractivity contribution is 5.86. The lowest BCUT2D eigenvalue weighted by molar-refractivity contribution is -0.142. The van der Waals surface area contributed by atoms with Crippen LogP contribution in [-0.4, -0.2) is 21.2 Å². The molecule has 2 rings (SSSR count). The van der Waals surface area contributed by atoms with Crippen molar-refractivity contribution in [2.45, 2.75) is 19.3 Å². The molecule has 0 bridgehead atoms. The molecule has 1 aromatic heterocycles. The lowest BCUT2D eigenvalue weighted by Crippen LogP contribution is -2.28. The van der Waals surface area contributed by atoms with Crippen molar-refractivity contribution in [1.82, 2.24) is 4.98 Å². The first-order valence-electron chi connectivity index (χ1n) is 4.97. The van der Waals surface area contributed by atoms with E-state index in [1.807, 2.05) is 0 Å².